The minimum atomic E-state index is 0.493. The van der Waals surface area contributed by atoms with Crippen molar-refractivity contribution in [2.75, 3.05) is 20.6 Å². The molecule has 104 valence electrons. The van der Waals surface area contributed by atoms with Gasteiger partial charge in [0.15, 0.2) is 0 Å². The molecule has 1 heteroatoms. The van der Waals surface area contributed by atoms with Crippen LogP contribution in [0.2, 0.25) is 0 Å². The van der Waals surface area contributed by atoms with Crippen molar-refractivity contribution < 1.29 is 0 Å². The van der Waals surface area contributed by atoms with Gasteiger partial charge >= 0.3 is 0 Å². The van der Waals surface area contributed by atoms with E-state index in [1.54, 1.807) is 0 Å². The van der Waals surface area contributed by atoms with Crippen LogP contribution in [0.1, 0.15) is 18.1 Å². The van der Waals surface area contributed by atoms with Crippen LogP contribution < -0.4 is 0 Å². The molecule has 2 aromatic carbocycles. The van der Waals surface area contributed by atoms with E-state index in [9.17, 15) is 0 Å². The molecule has 0 N–H and O–H groups in total. The van der Waals surface area contributed by atoms with Crippen LogP contribution in [0.15, 0.2) is 60.7 Å². The summed E-state index contributed by atoms with van der Waals surface area (Å²) in [7, 11) is 4.25. The van der Waals surface area contributed by atoms with Crippen LogP contribution in [0, 0.1) is 5.92 Å². The second-order valence-electron chi connectivity index (χ2n) is 5.54. The molecule has 0 aliphatic carbocycles. The molecule has 1 nitrogen and oxygen atoms in total. The molecule has 0 amide bonds. The fourth-order valence-corrected chi connectivity index (χ4v) is 2.52. The van der Waals surface area contributed by atoms with E-state index in [1.807, 2.05) is 0 Å². The average molecular weight is 265 g/mol. The van der Waals surface area contributed by atoms with Crippen LogP contribution >= 0.6 is 0 Å². The highest BCUT2D eigenvalue weighted by Crippen LogP contribution is 2.26. The first-order valence-corrected chi connectivity index (χ1v) is 7.13. The molecule has 0 aromatic heterocycles. The first-order valence-electron chi connectivity index (χ1n) is 7.13. The maximum absolute atomic E-state index is 2.31. The molecule has 0 bridgehead atoms. The molecule has 0 heterocycles. The lowest BCUT2D eigenvalue weighted by molar-refractivity contribution is 0.376. The summed E-state index contributed by atoms with van der Waals surface area (Å²) in [6, 6.07) is 21.2. The predicted molar refractivity (Wildman–Crippen MR) is 88.5 cm³/mol. The second-order valence-corrected chi connectivity index (χ2v) is 5.54. The van der Waals surface area contributed by atoms with Crippen molar-refractivity contribution in [2.45, 2.75) is 6.92 Å². The minimum absolute atomic E-state index is 0.493. The fraction of sp³-hybridized carbons (Fsp3) is 0.263. The Hall–Kier alpha value is -1.86. The molecule has 20 heavy (non-hydrogen) atoms. The lowest BCUT2D eigenvalue weighted by atomic mass is 9.91. The molecule has 1 unspecified atom stereocenters. The van der Waals surface area contributed by atoms with Gasteiger partial charge in [0.2, 0.25) is 0 Å². The van der Waals surface area contributed by atoms with Crippen LogP contribution in [0.5, 0.6) is 0 Å². The van der Waals surface area contributed by atoms with Gasteiger partial charge in [-0.25, -0.2) is 0 Å². The average Bonchev–Trinajstić information content (AvgIpc) is 2.46. The minimum Gasteiger partial charge on any atom is -0.309 e. The van der Waals surface area contributed by atoms with Crippen molar-refractivity contribution in [3.8, 4) is 0 Å². The standard InChI is InChI=1S/C19H23N/c1-16(15-20(2)3)19(18-12-8-5-9-13-18)14-17-10-6-4-7-11-17/h4-14,16H,15H2,1-3H3/b19-14-. The number of benzene rings is 2. The second kappa shape index (κ2) is 7.06. The number of hydrogen-bond donors (Lipinski definition) is 0. The summed E-state index contributed by atoms with van der Waals surface area (Å²) >= 11 is 0. The van der Waals surface area contributed by atoms with Crippen LogP contribution in [0.3, 0.4) is 0 Å². The highest BCUT2D eigenvalue weighted by molar-refractivity contribution is 5.82. The highest BCUT2D eigenvalue weighted by Gasteiger charge is 2.12. The third-order valence-corrected chi connectivity index (χ3v) is 3.40. The molecular formula is C19H23N. The highest BCUT2D eigenvalue weighted by atomic mass is 15.1. The topological polar surface area (TPSA) is 3.24 Å². The summed E-state index contributed by atoms with van der Waals surface area (Å²) in [6.45, 7) is 3.34. The Kier molecular flexibility index (Phi) is 5.14. The summed E-state index contributed by atoms with van der Waals surface area (Å²) in [4.78, 5) is 2.24. The molecule has 2 aromatic rings. The molecule has 0 fully saturated rings. The zero-order chi connectivity index (χ0) is 14.4. The van der Waals surface area contributed by atoms with Crippen LogP contribution in [0.4, 0.5) is 0 Å². The van der Waals surface area contributed by atoms with Gasteiger partial charge in [-0.1, -0.05) is 73.7 Å². The Morgan fingerprint density at radius 2 is 1.50 bits per heavy atom. The van der Waals surface area contributed by atoms with E-state index in [0.717, 1.165) is 6.54 Å². The normalized spacial score (nSPS) is 13.5. The van der Waals surface area contributed by atoms with Crippen LogP contribution in [0.25, 0.3) is 11.6 Å². The number of rotatable bonds is 5. The van der Waals surface area contributed by atoms with Gasteiger partial charge in [0, 0.05) is 6.54 Å². The van der Waals surface area contributed by atoms with Crippen LogP contribution in [-0.2, 0) is 0 Å². The molecule has 0 saturated carbocycles. The maximum Gasteiger partial charge on any atom is 0.00417 e. The number of hydrogen-bond acceptors (Lipinski definition) is 1. The lowest BCUT2D eigenvalue weighted by Crippen LogP contribution is -2.20. The molecular weight excluding hydrogens is 242 g/mol. The van der Waals surface area contributed by atoms with E-state index in [2.05, 4.69) is 92.7 Å². The molecule has 1 atom stereocenters. The maximum atomic E-state index is 2.31. The Morgan fingerprint density at radius 1 is 0.950 bits per heavy atom. The van der Waals surface area contributed by atoms with Crippen LogP contribution in [-0.4, -0.2) is 25.5 Å². The smallest absolute Gasteiger partial charge is 0.00417 e. The summed E-state index contributed by atoms with van der Waals surface area (Å²) < 4.78 is 0. The van der Waals surface area contributed by atoms with Gasteiger partial charge in [-0.15, -0.1) is 0 Å². The Morgan fingerprint density at radius 3 is 2.05 bits per heavy atom. The monoisotopic (exact) mass is 265 g/mol. The quantitative estimate of drug-likeness (QED) is 0.723. The third kappa shape index (κ3) is 4.07. The van der Waals surface area contributed by atoms with Crippen molar-refractivity contribution in [1.82, 2.24) is 4.90 Å². The first kappa shape index (κ1) is 14.5. The Bertz CT molecular complexity index is 540. The first-order chi connectivity index (χ1) is 9.66. The molecule has 0 aliphatic heterocycles. The van der Waals surface area contributed by atoms with Gasteiger partial charge in [-0.05, 0) is 36.7 Å². The van der Waals surface area contributed by atoms with E-state index >= 15 is 0 Å². The van der Waals surface area contributed by atoms with Gasteiger partial charge in [-0.2, -0.15) is 0 Å². The summed E-state index contributed by atoms with van der Waals surface area (Å²) in [5.74, 6) is 0.493. The van der Waals surface area contributed by atoms with Gasteiger partial charge in [-0.3, -0.25) is 0 Å². The van der Waals surface area contributed by atoms with E-state index < -0.39 is 0 Å². The third-order valence-electron chi connectivity index (χ3n) is 3.40. The SMILES string of the molecule is CC(CN(C)C)/C(=C/c1ccccc1)c1ccccc1. The van der Waals surface area contributed by atoms with Crippen molar-refractivity contribution in [2.24, 2.45) is 5.92 Å². The Labute approximate surface area is 122 Å². The van der Waals surface area contributed by atoms with Gasteiger partial charge in [0.05, 0.1) is 0 Å². The van der Waals surface area contributed by atoms with Gasteiger partial charge < -0.3 is 4.90 Å². The Balaban J connectivity index is 2.37. The van der Waals surface area contributed by atoms with E-state index in [1.165, 1.54) is 16.7 Å². The summed E-state index contributed by atoms with van der Waals surface area (Å²) in [5.41, 5.74) is 3.97. The van der Waals surface area contributed by atoms with Gasteiger partial charge in [0.25, 0.3) is 0 Å². The van der Waals surface area contributed by atoms with Gasteiger partial charge in [0.1, 0.15) is 0 Å². The zero-order valence-corrected chi connectivity index (χ0v) is 12.6. The van der Waals surface area contributed by atoms with E-state index in [0.29, 0.717) is 5.92 Å². The van der Waals surface area contributed by atoms with Crippen molar-refractivity contribution >= 4 is 11.6 Å². The molecule has 0 spiro atoms. The van der Waals surface area contributed by atoms with Crippen molar-refractivity contribution in [3.63, 3.8) is 0 Å². The largest absolute Gasteiger partial charge is 0.309 e. The fourth-order valence-electron chi connectivity index (χ4n) is 2.52. The predicted octanol–water partition coefficient (Wildman–Crippen LogP) is 4.42. The summed E-state index contributed by atoms with van der Waals surface area (Å²) in [5, 5.41) is 0. The van der Waals surface area contributed by atoms with Crippen molar-refractivity contribution in [3.05, 3.63) is 71.8 Å². The molecule has 0 radical (unpaired) electrons. The lowest BCUT2D eigenvalue weighted by Gasteiger charge is -2.20. The zero-order valence-electron chi connectivity index (χ0n) is 12.6. The molecule has 0 saturated heterocycles. The van der Waals surface area contributed by atoms with Crippen molar-refractivity contribution in [1.29, 1.82) is 0 Å². The van der Waals surface area contributed by atoms with E-state index in [4.69, 9.17) is 0 Å². The molecule has 2 rings (SSSR count). The summed E-state index contributed by atoms with van der Waals surface area (Å²) in [6.07, 6.45) is 2.31. The molecule has 0 aliphatic rings. The number of nitrogens with zero attached hydrogens (tertiary/aromatic N) is 1. The van der Waals surface area contributed by atoms with E-state index in [-0.39, 0.29) is 0 Å².